The molecular weight excluding hydrogens is 448 g/mol. The van der Waals surface area contributed by atoms with E-state index in [-0.39, 0.29) is 7.43 Å². The third kappa shape index (κ3) is 23.5. The number of benzene rings is 1. The van der Waals surface area contributed by atoms with E-state index in [4.69, 9.17) is 18.9 Å². The van der Waals surface area contributed by atoms with Gasteiger partial charge in [-0.2, -0.15) is 0 Å². The van der Waals surface area contributed by atoms with Crippen LogP contribution in [0.5, 0.6) is 0 Å². The Balaban J connectivity index is 0. The zero-order chi connectivity index (χ0) is 26.3. The second-order valence-electron chi connectivity index (χ2n) is 10.3. The van der Waals surface area contributed by atoms with Crippen LogP contribution in [0, 0.1) is 11.8 Å². The molecule has 0 atom stereocenters. The van der Waals surface area contributed by atoms with Crippen LogP contribution >= 0.6 is 0 Å². The third-order valence-corrected chi connectivity index (χ3v) is 6.01. The van der Waals surface area contributed by atoms with Gasteiger partial charge in [-0.1, -0.05) is 91.5 Å². The first-order valence-corrected chi connectivity index (χ1v) is 14.3. The third-order valence-electron chi connectivity index (χ3n) is 6.01. The van der Waals surface area contributed by atoms with E-state index < -0.39 is 0 Å². The smallest absolute Gasteiger partial charge is 0.0720 e. The van der Waals surface area contributed by atoms with Crippen molar-refractivity contribution >= 4 is 0 Å². The average Bonchev–Trinajstić information content (AvgIpc) is 2.86. The predicted octanol–water partition coefficient (Wildman–Crippen LogP) is 8.89. The van der Waals surface area contributed by atoms with Crippen LogP contribution in [0.4, 0.5) is 0 Å². The SMILES string of the molecule is C.CC(C)C1CCCCC1.CCCOCCOCCOC(C)C.CCc1ccc(COC(C)C)cc1. The van der Waals surface area contributed by atoms with Crippen LogP contribution in [0.2, 0.25) is 0 Å². The van der Waals surface area contributed by atoms with Crippen LogP contribution in [0.3, 0.4) is 0 Å². The highest BCUT2D eigenvalue weighted by Gasteiger charge is 2.15. The molecule has 0 heterocycles. The van der Waals surface area contributed by atoms with Gasteiger partial charge >= 0.3 is 0 Å². The number of rotatable bonds is 14. The van der Waals surface area contributed by atoms with E-state index in [0.717, 1.165) is 37.9 Å². The number of aryl methyl sites for hydroxylation is 1. The van der Waals surface area contributed by atoms with Crippen LogP contribution < -0.4 is 0 Å². The predicted molar refractivity (Wildman–Crippen MR) is 157 cm³/mol. The minimum Gasteiger partial charge on any atom is -0.379 e. The van der Waals surface area contributed by atoms with Crippen LogP contribution in [0.1, 0.15) is 112 Å². The summed E-state index contributed by atoms with van der Waals surface area (Å²) in [7, 11) is 0. The Morgan fingerprint density at radius 3 is 1.61 bits per heavy atom. The summed E-state index contributed by atoms with van der Waals surface area (Å²) in [5, 5.41) is 0. The van der Waals surface area contributed by atoms with Gasteiger partial charge < -0.3 is 18.9 Å². The molecule has 4 heteroatoms. The highest BCUT2D eigenvalue weighted by Crippen LogP contribution is 2.29. The summed E-state index contributed by atoms with van der Waals surface area (Å²) >= 11 is 0. The molecular formula is C32H62O4. The lowest BCUT2D eigenvalue weighted by Crippen LogP contribution is -2.12. The van der Waals surface area contributed by atoms with Gasteiger partial charge in [-0.25, -0.2) is 0 Å². The van der Waals surface area contributed by atoms with Crippen molar-refractivity contribution in [3.63, 3.8) is 0 Å². The Morgan fingerprint density at radius 2 is 1.17 bits per heavy atom. The largest absolute Gasteiger partial charge is 0.379 e. The molecule has 1 aromatic rings. The topological polar surface area (TPSA) is 36.9 Å². The lowest BCUT2D eigenvalue weighted by molar-refractivity contribution is -0.00135. The van der Waals surface area contributed by atoms with Crippen molar-refractivity contribution in [2.45, 2.75) is 127 Å². The molecule has 4 nitrogen and oxygen atoms in total. The first kappa shape index (κ1) is 37.2. The maximum Gasteiger partial charge on any atom is 0.0720 e. The van der Waals surface area contributed by atoms with Gasteiger partial charge in [0.15, 0.2) is 0 Å². The van der Waals surface area contributed by atoms with Gasteiger partial charge in [-0.05, 0) is 63.5 Å². The quantitative estimate of drug-likeness (QED) is 0.234. The number of ether oxygens (including phenoxy) is 4. The Kier molecular flexibility index (Phi) is 26.6. The standard InChI is InChI=1S/C12H18O.C10H22O3.C9H18.CH4/c1-4-11-5-7-12(8-6-11)9-13-10(2)3;1-4-5-11-6-7-12-8-9-13-10(2)3;1-8(2)9-6-4-3-5-7-9;/h5-8,10H,4,9H2,1-3H3;10H,4-9H2,1-3H3;8-9H,3-7H2,1-2H3;1H4. The fraction of sp³-hybridized carbons (Fsp3) is 0.812. The molecule has 214 valence electrons. The van der Waals surface area contributed by atoms with Crippen molar-refractivity contribution in [2.75, 3.05) is 33.0 Å². The zero-order valence-electron chi connectivity index (χ0n) is 24.4. The number of hydrogen-bond acceptors (Lipinski definition) is 4. The summed E-state index contributed by atoms with van der Waals surface area (Å²) < 4.78 is 21.3. The monoisotopic (exact) mass is 510 g/mol. The van der Waals surface area contributed by atoms with Crippen LogP contribution in [0.25, 0.3) is 0 Å². The van der Waals surface area contributed by atoms with Gasteiger partial charge in [-0.3, -0.25) is 0 Å². The van der Waals surface area contributed by atoms with Crippen LogP contribution in [-0.2, 0) is 32.0 Å². The van der Waals surface area contributed by atoms with Crippen molar-refractivity contribution in [1.29, 1.82) is 0 Å². The van der Waals surface area contributed by atoms with Crippen molar-refractivity contribution in [1.82, 2.24) is 0 Å². The van der Waals surface area contributed by atoms with E-state index in [9.17, 15) is 0 Å². The normalized spacial score (nSPS) is 13.6. The molecule has 0 aromatic heterocycles. The summed E-state index contributed by atoms with van der Waals surface area (Å²) in [6.45, 7) is 21.4. The van der Waals surface area contributed by atoms with E-state index in [1.54, 1.807) is 0 Å². The summed E-state index contributed by atoms with van der Waals surface area (Å²) in [5.74, 6) is 1.99. The molecule has 1 saturated carbocycles. The van der Waals surface area contributed by atoms with E-state index in [2.05, 4.69) is 65.8 Å². The Morgan fingerprint density at radius 1 is 0.667 bits per heavy atom. The molecule has 0 spiro atoms. The minimum atomic E-state index is 0. The molecule has 36 heavy (non-hydrogen) atoms. The summed E-state index contributed by atoms with van der Waals surface area (Å²) in [6, 6.07) is 8.61. The van der Waals surface area contributed by atoms with E-state index in [0.29, 0.717) is 38.6 Å². The Labute approximate surface area is 225 Å². The van der Waals surface area contributed by atoms with Crippen LogP contribution in [0.15, 0.2) is 24.3 Å². The van der Waals surface area contributed by atoms with Gasteiger partial charge in [0.05, 0.1) is 45.2 Å². The van der Waals surface area contributed by atoms with E-state index in [1.165, 1.54) is 43.2 Å². The second kappa shape index (κ2) is 25.7. The maximum absolute atomic E-state index is 5.50. The molecule has 1 aromatic carbocycles. The first-order valence-electron chi connectivity index (χ1n) is 14.3. The summed E-state index contributed by atoms with van der Waals surface area (Å²) in [6.07, 6.45) is 10.2. The van der Waals surface area contributed by atoms with Crippen molar-refractivity contribution in [3.05, 3.63) is 35.4 Å². The fourth-order valence-electron chi connectivity index (χ4n) is 3.74. The van der Waals surface area contributed by atoms with Crippen molar-refractivity contribution < 1.29 is 18.9 Å². The summed E-state index contributed by atoms with van der Waals surface area (Å²) in [4.78, 5) is 0. The molecule has 0 unspecified atom stereocenters. The molecule has 0 amide bonds. The Bertz CT molecular complexity index is 548. The molecule has 0 aliphatic heterocycles. The average molecular weight is 511 g/mol. The maximum atomic E-state index is 5.50. The molecule has 0 radical (unpaired) electrons. The minimum absolute atomic E-state index is 0. The van der Waals surface area contributed by atoms with Crippen LogP contribution in [-0.4, -0.2) is 45.2 Å². The van der Waals surface area contributed by atoms with Gasteiger partial charge in [0.25, 0.3) is 0 Å². The number of hydrogen-bond donors (Lipinski definition) is 0. The molecule has 0 bridgehead atoms. The van der Waals surface area contributed by atoms with Gasteiger partial charge in [0.2, 0.25) is 0 Å². The van der Waals surface area contributed by atoms with Gasteiger partial charge in [0, 0.05) is 6.61 Å². The second-order valence-corrected chi connectivity index (χ2v) is 10.3. The molecule has 0 N–H and O–H groups in total. The van der Waals surface area contributed by atoms with Crippen molar-refractivity contribution in [2.24, 2.45) is 11.8 Å². The molecule has 0 saturated heterocycles. The highest BCUT2D eigenvalue weighted by atomic mass is 16.5. The molecule has 1 fully saturated rings. The molecule has 1 aliphatic rings. The van der Waals surface area contributed by atoms with Crippen molar-refractivity contribution in [3.8, 4) is 0 Å². The van der Waals surface area contributed by atoms with Gasteiger partial charge in [0.1, 0.15) is 0 Å². The van der Waals surface area contributed by atoms with E-state index in [1.807, 2.05) is 13.8 Å². The zero-order valence-corrected chi connectivity index (χ0v) is 24.4. The first-order chi connectivity index (χ1) is 16.8. The van der Waals surface area contributed by atoms with E-state index >= 15 is 0 Å². The molecule has 2 rings (SSSR count). The summed E-state index contributed by atoms with van der Waals surface area (Å²) in [5.41, 5.74) is 2.64. The molecule has 1 aliphatic carbocycles. The lowest BCUT2D eigenvalue weighted by Gasteiger charge is -2.24. The highest BCUT2D eigenvalue weighted by molar-refractivity contribution is 5.21. The fourth-order valence-corrected chi connectivity index (χ4v) is 3.74. The Hall–Kier alpha value is -0.940. The van der Waals surface area contributed by atoms with Gasteiger partial charge in [-0.15, -0.1) is 0 Å². The lowest BCUT2D eigenvalue weighted by atomic mass is 9.82.